The zero-order chi connectivity index (χ0) is 14.5. The van der Waals surface area contributed by atoms with E-state index in [1.165, 1.54) is 0 Å². The molecule has 20 heavy (non-hydrogen) atoms. The molecule has 0 saturated heterocycles. The number of hydrogen-bond acceptors (Lipinski definition) is 4. The number of nitrogen functional groups attached to an aromatic ring is 1. The molecule has 0 aliphatic carbocycles. The molecule has 0 spiro atoms. The van der Waals surface area contributed by atoms with E-state index in [-0.39, 0.29) is 11.9 Å². The van der Waals surface area contributed by atoms with E-state index < -0.39 is 0 Å². The smallest absolute Gasteiger partial charge is 0.253 e. The third-order valence-corrected chi connectivity index (χ3v) is 2.98. The second-order valence-electron chi connectivity index (χ2n) is 4.40. The maximum atomic E-state index is 12.2. The van der Waals surface area contributed by atoms with E-state index in [0.717, 1.165) is 5.69 Å². The Bertz CT molecular complexity index is 599. The van der Waals surface area contributed by atoms with Gasteiger partial charge in [-0.25, -0.2) is 0 Å². The molecular formula is C15H17N3O2. The van der Waals surface area contributed by atoms with Crippen LogP contribution in [0.2, 0.25) is 0 Å². The minimum atomic E-state index is -0.233. The van der Waals surface area contributed by atoms with Gasteiger partial charge in [0, 0.05) is 18.0 Å². The number of benzene rings is 1. The Morgan fingerprint density at radius 1 is 1.35 bits per heavy atom. The van der Waals surface area contributed by atoms with Crippen molar-refractivity contribution in [2.24, 2.45) is 0 Å². The first kappa shape index (κ1) is 13.9. The number of carbonyl (C=O) groups is 1. The summed E-state index contributed by atoms with van der Waals surface area (Å²) in [6.07, 6.45) is 1.69. The van der Waals surface area contributed by atoms with E-state index in [0.29, 0.717) is 17.0 Å². The average molecular weight is 271 g/mol. The number of carbonyl (C=O) groups excluding carboxylic acids is 1. The molecule has 0 fully saturated rings. The van der Waals surface area contributed by atoms with Gasteiger partial charge in [0.25, 0.3) is 5.91 Å². The molecule has 3 N–H and O–H groups in total. The Kier molecular flexibility index (Phi) is 4.20. The summed E-state index contributed by atoms with van der Waals surface area (Å²) < 4.78 is 5.06. The van der Waals surface area contributed by atoms with Crippen molar-refractivity contribution in [1.29, 1.82) is 0 Å². The molecule has 104 valence electrons. The minimum Gasteiger partial charge on any atom is -0.497 e. The Hall–Kier alpha value is -2.56. The highest BCUT2D eigenvalue weighted by Gasteiger charge is 2.14. The van der Waals surface area contributed by atoms with Crippen LogP contribution in [-0.4, -0.2) is 18.0 Å². The Balaban J connectivity index is 2.12. The fourth-order valence-corrected chi connectivity index (χ4v) is 1.86. The number of aromatic nitrogens is 1. The molecule has 5 nitrogen and oxygen atoms in total. The molecule has 0 saturated carbocycles. The van der Waals surface area contributed by atoms with Crippen LogP contribution in [0.25, 0.3) is 0 Å². The quantitative estimate of drug-likeness (QED) is 0.835. The zero-order valence-corrected chi connectivity index (χ0v) is 11.5. The molecule has 1 amide bonds. The van der Waals surface area contributed by atoms with Crippen molar-refractivity contribution < 1.29 is 9.53 Å². The summed E-state index contributed by atoms with van der Waals surface area (Å²) in [4.78, 5) is 16.4. The molecule has 1 aromatic heterocycles. The van der Waals surface area contributed by atoms with E-state index in [1.807, 2.05) is 25.1 Å². The van der Waals surface area contributed by atoms with Crippen LogP contribution in [0.5, 0.6) is 5.75 Å². The van der Waals surface area contributed by atoms with Gasteiger partial charge in [-0.2, -0.15) is 0 Å². The standard InChI is InChI=1S/C15H17N3O2/c1-10(14-5-3-4-8-17-14)18-15(19)12-7-6-11(20-2)9-13(12)16/h3-10H,16H2,1-2H3,(H,18,19)/t10-/m0/s1. The normalized spacial score (nSPS) is 11.7. The lowest BCUT2D eigenvalue weighted by atomic mass is 10.1. The molecule has 0 bridgehead atoms. The van der Waals surface area contributed by atoms with E-state index in [9.17, 15) is 4.79 Å². The van der Waals surface area contributed by atoms with Gasteiger partial charge in [-0.3, -0.25) is 9.78 Å². The van der Waals surface area contributed by atoms with Crippen LogP contribution in [0.4, 0.5) is 5.69 Å². The van der Waals surface area contributed by atoms with Gasteiger partial charge in [0.15, 0.2) is 0 Å². The number of nitrogens with one attached hydrogen (secondary N) is 1. The number of nitrogens with two attached hydrogens (primary N) is 1. The molecule has 0 aliphatic heterocycles. The van der Waals surface area contributed by atoms with Gasteiger partial charge in [-0.05, 0) is 31.2 Å². The lowest BCUT2D eigenvalue weighted by Crippen LogP contribution is -2.27. The number of ether oxygens (including phenoxy) is 1. The van der Waals surface area contributed by atoms with Gasteiger partial charge >= 0.3 is 0 Å². The van der Waals surface area contributed by atoms with Crippen molar-refractivity contribution in [2.45, 2.75) is 13.0 Å². The van der Waals surface area contributed by atoms with Gasteiger partial charge in [0.2, 0.25) is 0 Å². The summed E-state index contributed by atoms with van der Waals surface area (Å²) in [5, 5.41) is 2.87. The molecule has 1 heterocycles. The van der Waals surface area contributed by atoms with Crippen LogP contribution in [0.3, 0.4) is 0 Å². The topological polar surface area (TPSA) is 77.2 Å². The summed E-state index contributed by atoms with van der Waals surface area (Å²) in [5.41, 5.74) is 7.46. The van der Waals surface area contributed by atoms with Gasteiger partial charge < -0.3 is 15.8 Å². The first-order chi connectivity index (χ1) is 9.61. The maximum Gasteiger partial charge on any atom is 0.253 e. The second-order valence-corrected chi connectivity index (χ2v) is 4.40. The van der Waals surface area contributed by atoms with E-state index in [2.05, 4.69) is 10.3 Å². The third-order valence-electron chi connectivity index (χ3n) is 2.98. The lowest BCUT2D eigenvalue weighted by molar-refractivity contribution is 0.0940. The Morgan fingerprint density at radius 2 is 2.15 bits per heavy atom. The van der Waals surface area contributed by atoms with Crippen molar-refractivity contribution in [2.75, 3.05) is 12.8 Å². The van der Waals surface area contributed by atoms with Crippen LogP contribution in [-0.2, 0) is 0 Å². The minimum absolute atomic E-state index is 0.190. The Morgan fingerprint density at radius 3 is 2.75 bits per heavy atom. The number of anilines is 1. The highest BCUT2D eigenvalue weighted by atomic mass is 16.5. The highest BCUT2D eigenvalue weighted by molar-refractivity contribution is 5.99. The molecule has 2 aromatic rings. The van der Waals surface area contributed by atoms with E-state index >= 15 is 0 Å². The fraction of sp³-hybridized carbons (Fsp3) is 0.200. The van der Waals surface area contributed by atoms with E-state index in [1.54, 1.807) is 31.5 Å². The monoisotopic (exact) mass is 271 g/mol. The SMILES string of the molecule is COc1ccc(C(=O)N[C@@H](C)c2ccccn2)c(N)c1. The van der Waals surface area contributed by atoms with Gasteiger partial charge in [-0.15, -0.1) is 0 Å². The molecule has 2 rings (SSSR count). The summed E-state index contributed by atoms with van der Waals surface area (Å²) >= 11 is 0. The summed E-state index contributed by atoms with van der Waals surface area (Å²) in [7, 11) is 1.55. The number of rotatable bonds is 4. The summed E-state index contributed by atoms with van der Waals surface area (Å²) in [6, 6.07) is 10.4. The van der Waals surface area contributed by atoms with Crippen molar-refractivity contribution in [1.82, 2.24) is 10.3 Å². The molecule has 0 aliphatic rings. The van der Waals surface area contributed by atoms with Crippen molar-refractivity contribution in [3.05, 3.63) is 53.9 Å². The van der Waals surface area contributed by atoms with E-state index in [4.69, 9.17) is 10.5 Å². The van der Waals surface area contributed by atoms with Gasteiger partial charge in [0.1, 0.15) is 5.75 Å². The van der Waals surface area contributed by atoms with Crippen LogP contribution in [0.15, 0.2) is 42.6 Å². The van der Waals surface area contributed by atoms with Crippen molar-refractivity contribution in [3.63, 3.8) is 0 Å². The predicted molar refractivity (Wildman–Crippen MR) is 77.5 cm³/mol. The van der Waals surface area contributed by atoms with Gasteiger partial charge in [-0.1, -0.05) is 6.07 Å². The van der Waals surface area contributed by atoms with Crippen LogP contribution in [0, 0.1) is 0 Å². The van der Waals surface area contributed by atoms with Crippen molar-refractivity contribution in [3.8, 4) is 5.75 Å². The molecule has 5 heteroatoms. The van der Waals surface area contributed by atoms with Crippen LogP contribution >= 0.6 is 0 Å². The summed E-state index contributed by atoms with van der Waals surface area (Å²) in [6.45, 7) is 1.87. The van der Waals surface area contributed by atoms with Crippen LogP contribution in [0.1, 0.15) is 29.0 Å². The number of pyridine rings is 1. The van der Waals surface area contributed by atoms with Crippen LogP contribution < -0.4 is 15.8 Å². The number of amides is 1. The summed E-state index contributed by atoms with van der Waals surface area (Å²) in [5.74, 6) is 0.389. The Labute approximate surface area is 117 Å². The maximum absolute atomic E-state index is 12.2. The third kappa shape index (κ3) is 3.06. The molecular weight excluding hydrogens is 254 g/mol. The average Bonchev–Trinajstić information content (AvgIpc) is 2.47. The number of hydrogen-bond donors (Lipinski definition) is 2. The first-order valence-electron chi connectivity index (χ1n) is 6.27. The van der Waals surface area contributed by atoms with Gasteiger partial charge in [0.05, 0.1) is 24.4 Å². The highest BCUT2D eigenvalue weighted by Crippen LogP contribution is 2.20. The first-order valence-corrected chi connectivity index (χ1v) is 6.27. The largest absolute Gasteiger partial charge is 0.497 e. The molecule has 1 atom stereocenters. The molecule has 0 unspecified atom stereocenters. The number of methoxy groups -OCH3 is 1. The molecule has 0 radical (unpaired) electrons. The lowest BCUT2D eigenvalue weighted by Gasteiger charge is -2.14. The molecule has 1 aromatic carbocycles. The predicted octanol–water partition coefficient (Wildman–Crippen LogP) is 2.16. The fourth-order valence-electron chi connectivity index (χ4n) is 1.86. The second kappa shape index (κ2) is 6.06. The number of nitrogens with zero attached hydrogens (tertiary/aromatic N) is 1. The van der Waals surface area contributed by atoms with Crippen molar-refractivity contribution >= 4 is 11.6 Å². The zero-order valence-electron chi connectivity index (χ0n) is 11.5.